The van der Waals surface area contributed by atoms with Crippen LogP contribution in [0.1, 0.15) is 40.3 Å². The van der Waals surface area contributed by atoms with Gasteiger partial charge >= 0.3 is 5.97 Å². The maximum atomic E-state index is 12.7. The number of methoxy groups -OCH3 is 1. The summed E-state index contributed by atoms with van der Waals surface area (Å²) in [6.07, 6.45) is 4.61. The Bertz CT molecular complexity index is 1030. The number of carbonyl (C=O) groups is 2. The van der Waals surface area contributed by atoms with E-state index in [0.29, 0.717) is 33.4 Å². The van der Waals surface area contributed by atoms with E-state index in [1.807, 2.05) is 13.8 Å². The second-order valence-corrected chi connectivity index (χ2v) is 6.45. The highest BCUT2D eigenvalue weighted by Gasteiger charge is 2.23. The van der Waals surface area contributed by atoms with Crippen LogP contribution < -0.4 is 4.74 Å². The van der Waals surface area contributed by atoms with Crippen molar-refractivity contribution in [3.05, 3.63) is 65.6 Å². The van der Waals surface area contributed by atoms with Crippen molar-refractivity contribution in [3.8, 4) is 5.75 Å². The van der Waals surface area contributed by atoms with Crippen LogP contribution in [0.5, 0.6) is 5.75 Å². The zero-order chi connectivity index (χ0) is 19.6. The Morgan fingerprint density at radius 1 is 1.19 bits per heavy atom. The molecule has 138 valence electrons. The van der Waals surface area contributed by atoms with Gasteiger partial charge in [-0.05, 0) is 47.9 Å². The van der Waals surface area contributed by atoms with Crippen molar-refractivity contribution < 1.29 is 19.4 Å². The summed E-state index contributed by atoms with van der Waals surface area (Å²) in [5.74, 6) is -0.736. The van der Waals surface area contributed by atoms with Crippen LogP contribution in [0.15, 0.2) is 48.8 Å². The first kappa shape index (κ1) is 18.4. The highest BCUT2D eigenvalue weighted by molar-refractivity contribution is 6.12. The number of carboxylic acid groups (broad SMARTS) is 1. The van der Waals surface area contributed by atoms with Crippen molar-refractivity contribution >= 4 is 28.2 Å². The van der Waals surface area contributed by atoms with Crippen LogP contribution in [0.4, 0.5) is 0 Å². The second kappa shape index (κ2) is 7.45. The average Bonchev–Trinajstić information content (AvgIpc) is 3.05. The van der Waals surface area contributed by atoms with E-state index in [1.165, 1.54) is 6.08 Å². The SMILES string of the molecule is COc1ccc2[nH]c(C(=O)O)c(/C(=C/C(=O)c3ccncc3)C(C)C)c2c1. The lowest BCUT2D eigenvalue weighted by molar-refractivity contribution is 0.0691. The van der Waals surface area contributed by atoms with Crippen molar-refractivity contribution in [2.75, 3.05) is 7.11 Å². The van der Waals surface area contributed by atoms with E-state index in [2.05, 4.69) is 9.97 Å². The van der Waals surface area contributed by atoms with Gasteiger partial charge in [-0.2, -0.15) is 0 Å². The van der Waals surface area contributed by atoms with E-state index in [1.54, 1.807) is 49.8 Å². The minimum atomic E-state index is -1.08. The van der Waals surface area contributed by atoms with Gasteiger partial charge in [-0.3, -0.25) is 9.78 Å². The Hall–Kier alpha value is -3.41. The maximum Gasteiger partial charge on any atom is 0.352 e. The van der Waals surface area contributed by atoms with Crippen LogP contribution in [0, 0.1) is 5.92 Å². The number of nitrogens with zero attached hydrogens (tertiary/aromatic N) is 1. The number of rotatable bonds is 6. The number of aromatic amines is 1. The Morgan fingerprint density at radius 3 is 2.48 bits per heavy atom. The average molecular weight is 364 g/mol. The molecule has 0 atom stereocenters. The molecule has 6 heteroatoms. The van der Waals surface area contributed by atoms with E-state index in [4.69, 9.17) is 4.74 Å². The summed E-state index contributed by atoms with van der Waals surface area (Å²) in [5, 5.41) is 10.4. The van der Waals surface area contributed by atoms with Crippen molar-refractivity contribution in [2.24, 2.45) is 5.92 Å². The Labute approximate surface area is 156 Å². The molecule has 0 aliphatic heterocycles. The zero-order valence-corrected chi connectivity index (χ0v) is 15.3. The predicted molar refractivity (Wildman–Crippen MR) is 103 cm³/mol. The molecule has 0 amide bonds. The number of allylic oxidation sites excluding steroid dienone is 2. The number of hydrogen-bond acceptors (Lipinski definition) is 4. The van der Waals surface area contributed by atoms with Crippen molar-refractivity contribution in [3.63, 3.8) is 0 Å². The fourth-order valence-corrected chi connectivity index (χ4v) is 3.03. The molecule has 27 heavy (non-hydrogen) atoms. The molecule has 0 bridgehead atoms. The largest absolute Gasteiger partial charge is 0.497 e. The third kappa shape index (κ3) is 3.60. The molecule has 0 unspecified atom stereocenters. The molecule has 1 aromatic carbocycles. The van der Waals surface area contributed by atoms with Gasteiger partial charge in [0.25, 0.3) is 0 Å². The quantitative estimate of drug-likeness (QED) is 0.505. The van der Waals surface area contributed by atoms with Crippen LogP contribution >= 0.6 is 0 Å². The van der Waals surface area contributed by atoms with Crippen LogP contribution in [0.25, 0.3) is 16.5 Å². The van der Waals surface area contributed by atoms with E-state index in [-0.39, 0.29) is 17.4 Å². The van der Waals surface area contributed by atoms with Crippen molar-refractivity contribution in [1.29, 1.82) is 0 Å². The van der Waals surface area contributed by atoms with E-state index in [0.717, 1.165) is 0 Å². The maximum absolute atomic E-state index is 12.7. The van der Waals surface area contributed by atoms with Gasteiger partial charge in [0.15, 0.2) is 5.78 Å². The molecule has 2 heterocycles. The standard InChI is InChI=1S/C21H20N2O4/c1-12(2)15(11-18(24)13-6-8-22-9-7-13)19-16-10-14(27-3)4-5-17(16)23-20(19)21(25)26/h4-12,23H,1-3H3,(H,25,26)/b15-11+. The van der Waals surface area contributed by atoms with Gasteiger partial charge in [-0.15, -0.1) is 0 Å². The number of aromatic nitrogens is 2. The van der Waals surface area contributed by atoms with Crippen molar-refractivity contribution in [1.82, 2.24) is 9.97 Å². The first-order valence-corrected chi connectivity index (χ1v) is 8.51. The molecule has 3 aromatic rings. The molecular formula is C21H20N2O4. The summed E-state index contributed by atoms with van der Waals surface area (Å²) in [4.78, 5) is 31.4. The van der Waals surface area contributed by atoms with Gasteiger partial charge in [0.05, 0.1) is 7.11 Å². The van der Waals surface area contributed by atoms with Crippen LogP contribution in [-0.2, 0) is 0 Å². The lowest BCUT2D eigenvalue weighted by atomic mass is 9.91. The number of nitrogens with one attached hydrogen (secondary N) is 1. The Morgan fingerprint density at radius 2 is 1.89 bits per heavy atom. The van der Waals surface area contributed by atoms with Crippen molar-refractivity contribution in [2.45, 2.75) is 13.8 Å². The number of benzene rings is 1. The molecule has 0 spiro atoms. The van der Waals surface area contributed by atoms with Gasteiger partial charge in [-0.25, -0.2) is 4.79 Å². The fourth-order valence-electron chi connectivity index (χ4n) is 3.03. The highest BCUT2D eigenvalue weighted by Crippen LogP contribution is 2.35. The summed E-state index contributed by atoms with van der Waals surface area (Å²) >= 11 is 0. The number of fused-ring (bicyclic) bond motifs is 1. The summed E-state index contributed by atoms with van der Waals surface area (Å²) in [7, 11) is 1.55. The number of carbonyl (C=O) groups excluding carboxylic acids is 1. The van der Waals surface area contributed by atoms with Gasteiger partial charge in [0.1, 0.15) is 11.4 Å². The summed E-state index contributed by atoms with van der Waals surface area (Å²) in [6.45, 7) is 3.85. The summed E-state index contributed by atoms with van der Waals surface area (Å²) in [5.41, 5.74) is 2.38. The minimum Gasteiger partial charge on any atom is -0.497 e. The molecule has 2 aromatic heterocycles. The number of H-pyrrole nitrogens is 1. The number of ether oxygens (including phenoxy) is 1. The number of pyridine rings is 1. The molecular weight excluding hydrogens is 344 g/mol. The van der Waals surface area contributed by atoms with Crippen LogP contribution in [0.3, 0.4) is 0 Å². The molecule has 0 aliphatic carbocycles. The van der Waals surface area contributed by atoms with Gasteiger partial charge in [0.2, 0.25) is 0 Å². The molecule has 0 radical (unpaired) electrons. The van der Waals surface area contributed by atoms with E-state index < -0.39 is 5.97 Å². The second-order valence-electron chi connectivity index (χ2n) is 6.45. The topological polar surface area (TPSA) is 92.3 Å². The lowest BCUT2D eigenvalue weighted by Gasteiger charge is -2.13. The Kier molecular flexibility index (Phi) is 5.07. The van der Waals surface area contributed by atoms with Gasteiger partial charge < -0.3 is 14.8 Å². The highest BCUT2D eigenvalue weighted by atomic mass is 16.5. The number of aromatic carboxylic acids is 1. The van der Waals surface area contributed by atoms with E-state index >= 15 is 0 Å². The molecule has 0 fully saturated rings. The third-order valence-electron chi connectivity index (χ3n) is 4.38. The molecule has 3 rings (SSSR count). The minimum absolute atomic E-state index is 0.0562. The zero-order valence-electron chi connectivity index (χ0n) is 15.3. The van der Waals surface area contributed by atoms with Gasteiger partial charge in [0, 0.05) is 34.4 Å². The number of carboxylic acids is 1. The lowest BCUT2D eigenvalue weighted by Crippen LogP contribution is -2.06. The van der Waals surface area contributed by atoms with Crippen LogP contribution in [0.2, 0.25) is 0 Å². The van der Waals surface area contributed by atoms with E-state index in [9.17, 15) is 14.7 Å². The molecule has 0 saturated carbocycles. The summed E-state index contributed by atoms with van der Waals surface area (Å²) < 4.78 is 5.28. The normalized spacial score (nSPS) is 11.8. The van der Waals surface area contributed by atoms with Crippen LogP contribution in [-0.4, -0.2) is 33.9 Å². The predicted octanol–water partition coefficient (Wildman–Crippen LogP) is 4.19. The molecule has 0 aliphatic rings. The first-order chi connectivity index (χ1) is 12.9. The monoisotopic (exact) mass is 364 g/mol. The Balaban J connectivity index is 2.24. The molecule has 6 nitrogen and oxygen atoms in total. The fraction of sp³-hybridized carbons (Fsp3) is 0.190. The van der Waals surface area contributed by atoms with Gasteiger partial charge in [-0.1, -0.05) is 13.8 Å². The first-order valence-electron chi connectivity index (χ1n) is 8.51. The number of hydrogen-bond donors (Lipinski definition) is 2. The number of ketones is 1. The summed E-state index contributed by atoms with van der Waals surface area (Å²) in [6, 6.07) is 8.57. The molecule has 0 saturated heterocycles. The third-order valence-corrected chi connectivity index (χ3v) is 4.38. The molecule has 2 N–H and O–H groups in total. The smallest absolute Gasteiger partial charge is 0.352 e.